The number of nitrogens with zero attached hydrogens (tertiary/aromatic N) is 5. The molecule has 0 aliphatic carbocycles. The number of hydrogen-bond acceptors (Lipinski definition) is 3. The third-order valence-electron chi connectivity index (χ3n) is 4.41. The van der Waals surface area contributed by atoms with Crippen molar-refractivity contribution in [2.24, 2.45) is 0 Å². The van der Waals surface area contributed by atoms with Crippen LogP contribution in [0.2, 0.25) is 0 Å². The van der Waals surface area contributed by atoms with Crippen LogP contribution in [-0.2, 0) is 13.1 Å². The van der Waals surface area contributed by atoms with Crippen molar-refractivity contribution in [2.45, 2.75) is 33.4 Å². The highest BCUT2D eigenvalue weighted by Gasteiger charge is 2.14. The number of rotatable bonds is 5. The summed E-state index contributed by atoms with van der Waals surface area (Å²) in [6.07, 6.45) is 6.47. The summed E-state index contributed by atoms with van der Waals surface area (Å²) >= 11 is 0. The van der Waals surface area contributed by atoms with E-state index < -0.39 is 0 Å². The number of pyridine rings is 1. The second-order valence-corrected chi connectivity index (χ2v) is 6.38. The van der Waals surface area contributed by atoms with Crippen LogP contribution in [-0.4, -0.2) is 24.1 Å². The van der Waals surface area contributed by atoms with E-state index in [2.05, 4.69) is 27.5 Å². The highest BCUT2D eigenvalue weighted by Crippen LogP contribution is 2.22. The van der Waals surface area contributed by atoms with Gasteiger partial charge in [-0.05, 0) is 31.5 Å². The molecule has 0 saturated carbocycles. The lowest BCUT2D eigenvalue weighted by Gasteiger charge is -2.11. The number of fused-ring (bicyclic) bond motifs is 1. The van der Waals surface area contributed by atoms with Gasteiger partial charge in [0, 0.05) is 30.2 Å². The van der Waals surface area contributed by atoms with E-state index in [1.807, 2.05) is 30.0 Å². The first kappa shape index (κ1) is 16.4. The first-order chi connectivity index (χ1) is 12.7. The van der Waals surface area contributed by atoms with E-state index in [1.54, 1.807) is 12.3 Å². The maximum Gasteiger partial charge on any atom is 0.140 e. The Morgan fingerprint density at radius 3 is 2.85 bits per heavy atom. The number of aryl methyl sites for hydroxylation is 2. The van der Waals surface area contributed by atoms with Crippen LogP contribution < -0.4 is 0 Å². The Balaban J connectivity index is 1.77. The predicted molar refractivity (Wildman–Crippen MR) is 99.3 cm³/mol. The number of benzene rings is 1. The molecule has 0 unspecified atom stereocenters. The van der Waals surface area contributed by atoms with Gasteiger partial charge in [-0.15, -0.1) is 0 Å². The van der Waals surface area contributed by atoms with Crippen molar-refractivity contribution in [3.05, 3.63) is 66.3 Å². The quantitative estimate of drug-likeness (QED) is 0.542. The van der Waals surface area contributed by atoms with Crippen molar-refractivity contribution in [1.29, 1.82) is 0 Å². The third kappa shape index (κ3) is 2.98. The van der Waals surface area contributed by atoms with E-state index in [0.29, 0.717) is 6.54 Å². The minimum atomic E-state index is -0.267. The van der Waals surface area contributed by atoms with Gasteiger partial charge in [0.05, 0.1) is 18.3 Å². The molecule has 0 bridgehead atoms. The van der Waals surface area contributed by atoms with Crippen molar-refractivity contribution in [2.75, 3.05) is 0 Å². The SMILES string of the molecule is CCCn1c(Cn2ccnc2-c2cccc(F)c2)nc2cnc(C)cc21. The number of aromatic nitrogens is 5. The van der Waals surface area contributed by atoms with Crippen LogP contribution in [0.3, 0.4) is 0 Å². The standard InChI is InChI=1S/C20H20FN5/c1-3-8-26-18-10-14(2)23-12-17(18)24-19(26)13-25-9-7-22-20(25)15-5-4-6-16(21)11-15/h4-7,9-12H,3,8,13H2,1-2H3. The molecule has 4 rings (SSSR count). The molecule has 132 valence electrons. The molecule has 0 aliphatic rings. The lowest BCUT2D eigenvalue weighted by atomic mass is 10.2. The molecule has 0 saturated heterocycles. The molecule has 0 aliphatic heterocycles. The molecule has 5 nitrogen and oxygen atoms in total. The third-order valence-corrected chi connectivity index (χ3v) is 4.41. The summed E-state index contributed by atoms with van der Waals surface area (Å²) in [5.74, 6) is 1.41. The molecular weight excluding hydrogens is 329 g/mol. The van der Waals surface area contributed by atoms with Crippen LogP contribution in [0.1, 0.15) is 24.9 Å². The monoisotopic (exact) mass is 349 g/mol. The van der Waals surface area contributed by atoms with Gasteiger partial charge in [0.1, 0.15) is 23.0 Å². The van der Waals surface area contributed by atoms with Gasteiger partial charge in [-0.3, -0.25) is 4.98 Å². The summed E-state index contributed by atoms with van der Waals surface area (Å²) in [6.45, 7) is 5.60. The Morgan fingerprint density at radius 2 is 2.04 bits per heavy atom. The van der Waals surface area contributed by atoms with Crippen molar-refractivity contribution >= 4 is 11.0 Å². The van der Waals surface area contributed by atoms with Crippen molar-refractivity contribution in [3.63, 3.8) is 0 Å². The minimum Gasteiger partial charge on any atom is -0.326 e. The van der Waals surface area contributed by atoms with Gasteiger partial charge in [0.2, 0.25) is 0 Å². The van der Waals surface area contributed by atoms with Crippen molar-refractivity contribution in [1.82, 2.24) is 24.1 Å². The van der Waals surface area contributed by atoms with Crippen LogP contribution in [0, 0.1) is 12.7 Å². The smallest absolute Gasteiger partial charge is 0.140 e. The van der Waals surface area contributed by atoms with Crippen molar-refractivity contribution < 1.29 is 4.39 Å². The molecule has 0 radical (unpaired) electrons. The van der Waals surface area contributed by atoms with Crippen LogP contribution in [0.4, 0.5) is 4.39 Å². The molecular formula is C20H20FN5. The molecule has 3 heterocycles. The summed E-state index contributed by atoms with van der Waals surface area (Å²) < 4.78 is 17.8. The van der Waals surface area contributed by atoms with Gasteiger partial charge in [0.15, 0.2) is 0 Å². The maximum absolute atomic E-state index is 13.6. The predicted octanol–water partition coefficient (Wildman–Crippen LogP) is 4.20. The van der Waals surface area contributed by atoms with Gasteiger partial charge >= 0.3 is 0 Å². The Kier molecular flexibility index (Phi) is 4.24. The van der Waals surface area contributed by atoms with Gasteiger partial charge < -0.3 is 9.13 Å². The first-order valence-corrected chi connectivity index (χ1v) is 8.74. The lowest BCUT2D eigenvalue weighted by Crippen LogP contribution is -2.09. The first-order valence-electron chi connectivity index (χ1n) is 8.74. The van der Waals surface area contributed by atoms with Crippen LogP contribution >= 0.6 is 0 Å². The van der Waals surface area contributed by atoms with E-state index >= 15 is 0 Å². The number of hydrogen-bond donors (Lipinski definition) is 0. The summed E-state index contributed by atoms with van der Waals surface area (Å²) in [6, 6.07) is 8.57. The Labute approximate surface area is 151 Å². The fraction of sp³-hybridized carbons (Fsp3) is 0.250. The molecule has 0 atom stereocenters. The molecule has 0 N–H and O–H groups in total. The van der Waals surface area contributed by atoms with E-state index in [-0.39, 0.29) is 5.82 Å². The molecule has 26 heavy (non-hydrogen) atoms. The Morgan fingerprint density at radius 1 is 1.15 bits per heavy atom. The van der Waals surface area contributed by atoms with E-state index in [0.717, 1.165) is 46.9 Å². The summed E-state index contributed by atoms with van der Waals surface area (Å²) in [4.78, 5) is 13.5. The summed E-state index contributed by atoms with van der Waals surface area (Å²) in [5, 5.41) is 0. The Bertz CT molecular complexity index is 1060. The molecule has 1 aromatic carbocycles. The van der Waals surface area contributed by atoms with Gasteiger partial charge in [-0.1, -0.05) is 19.1 Å². The molecule has 0 fully saturated rings. The fourth-order valence-electron chi connectivity index (χ4n) is 3.25. The average Bonchev–Trinajstić information content (AvgIpc) is 3.21. The zero-order valence-corrected chi connectivity index (χ0v) is 14.9. The van der Waals surface area contributed by atoms with E-state index in [9.17, 15) is 4.39 Å². The van der Waals surface area contributed by atoms with E-state index in [4.69, 9.17) is 4.98 Å². The molecule has 3 aromatic heterocycles. The average molecular weight is 349 g/mol. The molecule has 4 aromatic rings. The zero-order chi connectivity index (χ0) is 18.1. The van der Waals surface area contributed by atoms with Gasteiger partial charge in [0.25, 0.3) is 0 Å². The molecule has 0 amide bonds. The van der Waals surface area contributed by atoms with Gasteiger partial charge in [-0.2, -0.15) is 0 Å². The second kappa shape index (κ2) is 6.71. The molecule has 6 heteroatoms. The summed E-state index contributed by atoms with van der Waals surface area (Å²) in [7, 11) is 0. The van der Waals surface area contributed by atoms with Crippen LogP contribution in [0.5, 0.6) is 0 Å². The zero-order valence-electron chi connectivity index (χ0n) is 14.9. The summed E-state index contributed by atoms with van der Waals surface area (Å²) in [5.41, 5.74) is 3.73. The van der Waals surface area contributed by atoms with E-state index in [1.165, 1.54) is 12.1 Å². The maximum atomic E-state index is 13.6. The normalized spacial score (nSPS) is 11.3. The van der Waals surface area contributed by atoms with Gasteiger partial charge in [-0.25, -0.2) is 14.4 Å². The van der Waals surface area contributed by atoms with Crippen LogP contribution in [0.15, 0.2) is 48.9 Å². The molecule has 0 spiro atoms. The lowest BCUT2D eigenvalue weighted by molar-refractivity contribution is 0.623. The van der Waals surface area contributed by atoms with Crippen molar-refractivity contribution in [3.8, 4) is 11.4 Å². The topological polar surface area (TPSA) is 48.5 Å². The largest absolute Gasteiger partial charge is 0.326 e. The highest BCUT2D eigenvalue weighted by atomic mass is 19.1. The second-order valence-electron chi connectivity index (χ2n) is 6.38. The minimum absolute atomic E-state index is 0.267. The Hall–Kier alpha value is -3.02. The highest BCUT2D eigenvalue weighted by molar-refractivity contribution is 5.75. The number of imidazole rings is 2. The number of halogens is 1. The van der Waals surface area contributed by atoms with Crippen LogP contribution in [0.25, 0.3) is 22.4 Å². The fourth-order valence-corrected chi connectivity index (χ4v) is 3.25.